The van der Waals surface area contributed by atoms with Crippen molar-refractivity contribution in [3.63, 3.8) is 0 Å². The number of hydrogen-bond acceptors (Lipinski definition) is 15. The van der Waals surface area contributed by atoms with Gasteiger partial charge in [-0.2, -0.15) is 0 Å². The molecule has 0 saturated carbocycles. The molecule has 612 valence electrons. The number of aliphatic hydroxyl groups is 1. The van der Waals surface area contributed by atoms with Gasteiger partial charge >= 0.3 is 39.5 Å². The zero-order valence-corrected chi connectivity index (χ0v) is 69.4. The van der Waals surface area contributed by atoms with Gasteiger partial charge in [-0.05, 0) is 37.5 Å². The van der Waals surface area contributed by atoms with E-state index in [9.17, 15) is 43.2 Å². The minimum absolute atomic E-state index is 0.108. The number of esters is 4. The van der Waals surface area contributed by atoms with Gasteiger partial charge in [-0.3, -0.25) is 37.3 Å². The lowest BCUT2D eigenvalue weighted by Gasteiger charge is -2.21. The maximum Gasteiger partial charge on any atom is 0.472 e. The molecule has 0 aromatic rings. The quantitative estimate of drug-likeness (QED) is 0.0222. The largest absolute Gasteiger partial charge is 0.472 e. The number of carbonyl (C=O) groups is 4. The van der Waals surface area contributed by atoms with Crippen molar-refractivity contribution in [2.24, 2.45) is 11.8 Å². The molecule has 0 aliphatic rings. The zero-order valence-electron chi connectivity index (χ0n) is 67.6. The van der Waals surface area contributed by atoms with Gasteiger partial charge in [-0.1, -0.05) is 395 Å². The predicted octanol–water partition coefficient (Wildman–Crippen LogP) is 25.5. The summed E-state index contributed by atoms with van der Waals surface area (Å²) in [5.41, 5.74) is 0. The Balaban J connectivity index is 5.26. The molecule has 0 aliphatic carbocycles. The highest BCUT2D eigenvalue weighted by Crippen LogP contribution is 2.45. The maximum atomic E-state index is 13.1. The fourth-order valence-electron chi connectivity index (χ4n) is 13.0. The number of hydrogen-bond donors (Lipinski definition) is 3. The molecule has 7 atom stereocenters. The third kappa shape index (κ3) is 75.3. The molecule has 103 heavy (non-hydrogen) atoms. The van der Waals surface area contributed by atoms with Gasteiger partial charge in [0.25, 0.3) is 0 Å². The van der Waals surface area contributed by atoms with E-state index >= 15 is 0 Å². The van der Waals surface area contributed by atoms with Crippen LogP contribution >= 0.6 is 15.6 Å². The van der Waals surface area contributed by atoms with E-state index in [1.54, 1.807) is 0 Å². The Morgan fingerprint density at radius 1 is 0.272 bits per heavy atom. The highest BCUT2D eigenvalue weighted by molar-refractivity contribution is 7.47. The Labute approximate surface area is 632 Å². The number of ether oxygens (including phenoxy) is 4. The van der Waals surface area contributed by atoms with E-state index < -0.39 is 97.5 Å². The number of carbonyl (C=O) groups excluding carboxylic acids is 4. The first-order chi connectivity index (χ1) is 49.9. The summed E-state index contributed by atoms with van der Waals surface area (Å²) in [4.78, 5) is 73.2. The van der Waals surface area contributed by atoms with Crippen molar-refractivity contribution >= 4 is 39.5 Å². The molecular weight excluding hydrogens is 1340 g/mol. The van der Waals surface area contributed by atoms with Crippen LogP contribution in [0.1, 0.15) is 446 Å². The standard InChI is InChI=1S/C84H164O17P2/c1-7-11-13-15-17-19-21-22-23-24-32-38-44-50-56-62-68-83(88)100-79(72-94-81(86)66-60-54-48-42-34-20-18-16-14-12-8-2)74-98-102(90,91)96-70-78(85)71-97-103(92,93)99-75-80(101-84(89)69-63-57-51-45-39-33-28-26-30-36-41-47-53-59-65-77(6)10-4)73-95-82(87)67-61-55-49-43-37-31-27-25-29-35-40-46-52-58-64-76(5)9-3/h76-80,85H,7-75H2,1-6H3,(H,90,91)(H,92,93)/t76?,77?,78-,79+,80+/m0/s1. The zero-order chi connectivity index (χ0) is 75.6. The molecule has 0 saturated heterocycles. The molecule has 17 nitrogen and oxygen atoms in total. The third-order valence-electron chi connectivity index (χ3n) is 20.4. The first-order valence-electron chi connectivity index (χ1n) is 43.6. The van der Waals surface area contributed by atoms with Crippen LogP contribution in [0.15, 0.2) is 0 Å². The highest BCUT2D eigenvalue weighted by Gasteiger charge is 2.30. The van der Waals surface area contributed by atoms with Gasteiger partial charge in [0.1, 0.15) is 19.3 Å². The first-order valence-corrected chi connectivity index (χ1v) is 46.6. The molecule has 3 N–H and O–H groups in total. The number of aliphatic hydroxyl groups excluding tert-OH is 1. The van der Waals surface area contributed by atoms with Gasteiger partial charge in [0.15, 0.2) is 12.2 Å². The number of rotatable bonds is 83. The van der Waals surface area contributed by atoms with Gasteiger partial charge in [0.2, 0.25) is 0 Å². The van der Waals surface area contributed by atoms with Crippen LogP contribution in [0.4, 0.5) is 0 Å². The first kappa shape index (κ1) is 101. The number of phosphoric acid groups is 2. The lowest BCUT2D eigenvalue weighted by molar-refractivity contribution is -0.161. The van der Waals surface area contributed by atoms with Gasteiger partial charge < -0.3 is 33.8 Å². The molecule has 0 aromatic carbocycles. The van der Waals surface area contributed by atoms with E-state index in [4.69, 9.17) is 37.0 Å². The summed E-state index contributed by atoms with van der Waals surface area (Å²) in [6.45, 7) is 9.77. The molecule has 0 bridgehead atoms. The van der Waals surface area contributed by atoms with E-state index in [2.05, 4.69) is 41.5 Å². The molecule has 0 heterocycles. The van der Waals surface area contributed by atoms with E-state index in [1.165, 1.54) is 263 Å². The fourth-order valence-corrected chi connectivity index (χ4v) is 14.6. The van der Waals surface area contributed by atoms with Crippen LogP contribution in [-0.2, 0) is 65.4 Å². The highest BCUT2D eigenvalue weighted by atomic mass is 31.2. The second-order valence-corrected chi connectivity index (χ2v) is 33.6. The predicted molar refractivity (Wildman–Crippen MR) is 423 cm³/mol. The van der Waals surface area contributed by atoms with Crippen LogP contribution in [0.5, 0.6) is 0 Å². The smallest absolute Gasteiger partial charge is 0.462 e. The van der Waals surface area contributed by atoms with Crippen molar-refractivity contribution in [3.05, 3.63) is 0 Å². The van der Waals surface area contributed by atoms with Crippen LogP contribution in [0, 0.1) is 11.8 Å². The lowest BCUT2D eigenvalue weighted by atomic mass is 9.99. The lowest BCUT2D eigenvalue weighted by Crippen LogP contribution is -2.30. The van der Waals surface area contributed by atoms with Gasteiger partial charge in [0, 0.05) is 25.7 Å². The molecule has 0 aliphatic heterocycles. The second kappa shape index (κ2) is 75.5. The number of phosphoric ester groups is 2. The minimum atomic E-state index is -4.96. The van der Waals surface area contributed by atoms with Crippen LogP contribution < -0.4 is 0 Å². The summed E-state index contributed by atoms with van der Waals surface area (Å²) in [5.74, 6) is -0.406. The Bertz CT molecular complexity index is 1980. The van der Waals surface area contributed by atoms with Crippen LogP contribution in [0.25, 0.3) is 0 Å². The fraction of sp³-hybridized carbons (Fsp3) is 0.952. The van der Waals surface area contributed by atoms with Crippen molar-refractivity contribution in [1.82, 2.24) is 0 Å². The Morgan fingerprint density at radius 2 is 0.466 bits per heavy atom. The molecule has 0 fully saturated rings. The van der Waals surface area contributed by atoms with Gasteiger partial charge in [0.05, 0.1) is 26.4 Å². The summed E-state index contributed by atoms with van der Waals surface area (Å²) < 4.78 is 68.9. The summed E-state index contributed by atoms with van der Waals surface area (Å²) in [7, 11) is -9.92. The van der Waals surface area contributed by atoms with Crippen molar-refractivity contribution in [2.75, 3.05) is 39.6 Å². The van der Waals surface area contributed by atoms with Crippen molar-refractivity contribution in [3.8, 4) is 0 Å². The maximum absolute atomic E-state index is 13.1. The summed E-state index contributed by atoms with van der Waals surface area (Å²) in [5, 5.41) is 10.7. The average molecular weight is 1510 g/mol. The van der Waals surface area contributed by atoms with Crippen molar-refractivity contribution in [1.29, 1.82) is 0 Å². The van der Waals surface area contributed by atoms with E-state index in [0.717, 1.165) is 102 Å². The molecule has 4 unspecified atom stereocenters. The van der Waals surface area contributed by atoms with E-state index in [0.29, 0.717) is 25.7 Å². The van der Waals surface area contributed by atoms with Gasteiger partial charge in [-0.25, -0.2) is 9.13 Å². The summed E-state index contributed by atoms with van der Waals surface area (Å²) >= 11 is 0. The molecule has 19 heteroatoms. The van der Waals surface area contributed by atoms with Gasteiger partial charge in [-0.15, -0.1) is 0 Å². The van der Waals surface area contributed by atoms with Crippen LogP contribution in [-0.4, -0.2) is 96.7 Å². The summed E-state index contributed by atoms with van der Waals surface area (Å²) in [6.07, 6.45) is 66.3. The van der Waals surface area contributed by atoms with Crippen LogP contribution in [0.3, 0.4) is 0 Å². The van der Waals surface area contributed by atoms with Crippen LogP contribution in [0.2, 0.25) is 0 Å². The SMILES string of the molecule is CCCCCCCCCCCCCCCCCCC(=O)O[C@H](COC(=O)CCCCCCCCCCCCC)COP(=O)(O)OC[C@H](O)COP(=O)(O)OC[C@@H](COC(=O)CCCCCCCCCCCCCCCCC(C)CC)OC(=O)CCCCCCCCCCCCCCCCC(C)CC. The van der Waals surface area contributed by atoms with Crippen molar-refractivity contribution < 1.29 is 80.2 Å². The second-order valence-electron chi connectivity index (χ2n) is 30.7. The molecule has 0 radical (unpaired) electrons. The Hall–Kier alpha value is -1.94. The normalized spacial score (nSPS) is 14.4. The monoisotopic (exact) mass is 1510 g/mol. The Kier molecular flexibility index (Phi) is 74.1. The topological polar surface area (TPSA) is 237 Å². The van der Waals surface area contributed by atoms with E-state index in [1.807, 2.05) is 0 Å². The molecule has 0 rings (SSSR count). The molecule has 0 amide bonds. The third-order valence-corrected chi connectivity index (χ3v) is 22.3. The molecule has 0 aromatic heterocycles. The van der Waals surface area contributed by atoms with E-state index in [-0.39, 0.29) is 25.7 Å². The molecule has 0 spiro atoms. The molecular formula is C84H164O17P2. The minimum Gasteiger partial charge on any atom is -0.462 e. The Morgan fingerprint density at radius 3 is 0.689 bits per heavy atom. The summed E-state index contributed by atoms with van der Waals surface area (Å²) in [6, 6.07) is 0. The average Bonchev–Trinajstić information content (AvgIpc) is 0.924. The number of unbranched alkanes of at least 4 members (excludes halogenated alkanes) is 51. The van der Waals surface area contributed by atoms with Crippen molar-refractivity contribution in [2.45, 2.75) is 464 Å².